The van der Waals surface area contributed by atoms with Crippen molar-refractivity contribution in [2.75, 3.05) is 7.11 Å². The van der Waals surface area contributed by atoms with Crippen LogP contribution in [0.4, 0.5) is 0 Å². The predicted molar refractivity (Wildman–Crippen MR) is 101 cm³/mol. The Morgan fingerprint density at radius 2 is 1.92 bits per heavy atom. The molecule has 0 N–H and O–H groups in total. The lowest BCUT2D eigenvalue weighted by Crippen LogP contribution is -2.21. The monoisotopic (exact) mass is 434 g/mol. The van der Waals surface area contributed by atoms with Crippen molar-refractivity contribution in [2.45, 2.75) is 0 Å². The zero-order valence-corrected chi connectivity index (χ0v) is 15.8. The summed E-state index contributed by atoms with van der Waals surface area (Å²) in [6.07, 6.45) is 2.03. The minimum Gasteiger partial charge on any atom is -0.493 e. The molecule has 0 aliphatic heterocycles. The van der Waals surface area contributed by atoms with Crippen molar-refractivity contribution in [3.8, 4) is 22.9 Å². The lowest BCUT2D eigenvalue weighted by Gasteiger charge is -2.14. The number of benzene rings is 2. The smallest absolute Gasteiger partial charge is 0.294 e. The molecule has 0 unspecified atom stereocenters. The van der Waals surface area contributed by atoms with Crippen molar-refractivity contribution in [3.05, 3.63) is 74.1 Å². The second-order valence-electron chi connectivity index (χ2n) is 5.13. The Kier molecular flexibility index (Phi) is 5.39. The van der Waals surface area contributed by atoms with Gasteiger partial charge in [0, 0.05) is 5.56 Å². The highest BCUT2D eigenvalue weighted by atomic mass is 79.9. The molecule has 0 bridgehead atoms. The molecular formula is C18H12BrClN2O4. The van der Waals surface area contributed by atoms with E-state index in [2.05, 4.69) is 21.0 Å². The molecule has 0 saturated carbocycles. The standard InChI is InChI=1S/C18H12BrClN2O4/c1-25-14-8-11(10-23)7-13(19)17(14)26-15-9-21-22(18(24)16(15)20)12-5-3-2-4-6-12/h2-10H,1H3. The number of hydrogen-bond acceptors (Lipinski definition) is 5. The van der Waals surface area contributed by atoms with Crippen LogP contribution in [0.2, 0.25) is 5.02 Å². The first-order valence-corrected chi connectivity index (χ1v) is 8.56. The van der Waals surface area contributed by atoms with E-state index in [9.17, 15) is 9.59 Å². The Balaban J connectivity index is 2.04. The molecule has 0 aliphatic rings. The van der Waals surface area contributed by atoms with E-state index in [0.717, 1.165) is 0 Å². The average Bonchev–Trinajstić information content (AvgIpc) is 2.67. The van der Waals surface area contributed by atoms with Crippen molar-refractivity contribution >= 4 is 33.8 Å². The summed E-state index contributed by atoms with van der Waals surface area (Å²) in [7, 11) is 1.44. The summed E-state index contributed by atoms with van der Waals surface area (Å²) in [6, 6.07) is 12.0. The molecule has 3 rings (SSSR count). The van der Waals surface area contributed by atoms with Gasteiger partial charge >= 0.3 is 0 Å². The second kappa shape index (κ2) is 7.72. The fourth-order valence-electron chi connectivity index (χ4n) is 2.26. The Morgan fingerprint density at radius 1 is 1.19 bits per heavy atom. The van der Waals surface area contributed by atoms with Gasteiger partial charge in [-0.1, -0.05) is 29.8 Å². The predicted octanol–water partition coefficient (Wildman–Crippen LogP) is 4.26. The van der Waals surface area contributed by atoms with Gasteiger partial charge < -0.3 is 9.47 Å². The number of carbonyl (C=O) groups excluding carboxylic acids is 1. The van der Waals surface area contributed by atoms with E-state index in [0.29, 0.717) is 27.8 Å². The van der Waals surface area contributed by atoms with E-state index >= 15 is 0 Å². The third-order valence-electron chi connectivity index (χ3n) is 3.49. The maximum atomic E-state index is 12.5. The first kappa shape index (κ1) is 18.2. The number of carbonyl (C=O) groups is 1. The summed E-state index contributed by atoms with van der Waals surface area (Å²) in [4.78, 5) is 23.5. The van der Waals surface area contributed by atoms with Gasteiger partial charge in [-0.25, -0.2) is 0 Å². The normalized spacial score (nSPS) is 10.4. The highest BCUT2D eigenvalue weighted by Crippen LogP contribution is 2.40. The van der Waals surface area contributed by atoms with Crippen LogP contribution in [0.1, 0.15) is 10.4 Å². The van der Waals surface area contributed by atoms with Crippen LogP contribution in [0.15, 0.2) is 57.9 Å². The maximum absolute atomic E-state index is 12.5. The van der Waals surface area contributed by atoms with Gasteiger partial charge in [-0.05, 0) is 40.2 Å². The topological polar surface area (TPSA) is 70.4 Å². The van der Waals surface area contributed by atoms with Gasteiger partial charge in [-0.15, -0.1) is 0 Å². The van der Waals surface area contributed by atoms with Crippen molar-refractivity contribution in [1.82, 2.24) is 9.78 Å². The maximum Gasteiger partial charge on any atom is 0.294 e. The molecule has 2 aromatic carbocycles. The van der Waals surface area contributed by atoms with Crippen molar-refractivity contribution in [3.63, 3.8) is 0 Å². The molecule has 3 aromatic rings. The quantitative estimate of drug-likeness (QED) is 0.560. The van der Waals surface area contributed by atoms with E-state index in [1.165, 1.54) is 24.1 Å². The number of nitrogens with zero attached hydrogens (tertiary/aromatic N) is 2. The number of para-hydroxylation sites is 1. The summed E-state index contributed by atoms with van der Waals surface area (Å²) in [5, 5.41) is 3.98. The summed E-state index contributed by atoms with van der Waals surface area (Å²) in [5.74, 6) is 0.658. The molecule has 26 heavy (non-hydrogen) atoms. The highest BCUT2D eigenvalue weighted by Gasteiger charge is 2.17. The second-order valence-corrected chi connectivity index (χ2v) is 6.36. The summed E-state index contributed by atoms with van der Waals surface area (Å²) < 4.78 is 12.6. The molecule has 0 atom stereocenters. The van der Waals surface area contributed by atoms with Gasteiger partial charge in [0.05, 0.1) is 23.5 Å². The van der Waals surface area contributed by atoms with E-state index in [4.69, 9.17) is 21.1 Å². The minimum absolute atomic E-state index is 0.0710. The molecule has 0 fully saturated rings. The Labute approximate surface area is 162 Å². The molecule has 0 amide bonds. The first-order chi connectivity index (χ1) is 12.5. The first-order valence-electron chi connectivity index (χ1n) is 7.39. The van der Waals surface area contributed by atoms with Crippen LogP contribution in [0, 0.1) is 0 Å². The molecule has 0 aliphatic carbocycles. The van der Waals surface area contributed by atoms with Crippen LogP contribution in [-0.4, -0.2) is 23.2 Å². The van der Waals surface area contributed by atoms with E-state index in [1.54, 1.807) is 30.3 Å². The number of methoxy groups -OCH3 is 1. The fourth-order valence-corrected chi connectivity index (χ4v) is 2.97. The fraction of sp³-hybridized carbons (Fsp3) is 0.0556. The van der Waals surface area contributed by atoms with E-state index in [-0.39, 0.29) is 16.5 Å². The minimum atomic E-state index is -0.519. The van der Waals surface area contributed by atoms with Crippen LogP contribution in [-0.2, 0) is 0 Å². The number of ether oxygens (including phenoxy) is 2. The molecule has 6 nitrogen and oxygen atoms in total. The number of aldehydes is 1. The van der Waals surface area contributed by atoms with Gasteiger partial charge in [-0.3, -0.25) is 9.59 Å². The largest absolute Gasteiger partial charge is 0.493 e. The van der Waals surface area contributed by atoms with E-state index < -0.39 is 5.56 Å². The summed E-state index contributed by atoms with van der Waals surface area (Å²) in [6.45, 7) is 0. The molecule has 0 spiro atoms. The number of rotatable bonds is 5. The highest BCUT2D eigenvalue weighted by molar-refractivity contribution is 9.10. The van der Waals surface area contributed by atoms with Gasteiger partial charge in [0.25, 0.3) is 5.56 Å². The Hall–Kier alpha value is -2.64. The number of aromatic nitrogens is 2. The summed E-state index contributed by atoms with van der Waals surface area (Å²) in [5.41, 5.74) is 0.472. The molecule has 132 valence electrons. The van der Waals surface area contributed by atoms with Crippen LogP contribution >= 0.6 is 27.5 Å². The van der Waals surface area contributed by atoms with E-state index in [1.807, 2.05) is 6.07 Å². The molecule has 0 saturated heterocycles. The van der Waals surface area contributed by atoms with Gasteiger partial charge in [0.2, 0.25) is 0 Å². The third kappa shape index (κ3) is 3.49. The van der Waals surface area contributed by atoms with Gasteiger partial charge in [-0.2, -0.15) is 9.78 Å². The molecule has 1 heterocycles. The average molecular weight is 436 g/mol. The lowest BCUT2D eigenvalue weighted by atomic mass is 10.2. The summed E-state index contributed by atoms with van der Waals surface area (Å²) >= 11 is 9.51. The molecular weight excluding hydrogens is 424 g/mol. The number of halogens is 2. The van der Waals surface area contributed by atoms with Crippen LogP contribution in [0.25, 0.3) is 5.69 Å². The number of hydrogen-bond donors (Lipinski definition) is 0. The Morgan fingerprint density at radius 3 is 2.58 bits per heavy atom. The van der Waals surface area contributed by atoms with Crippen LogP contribution in [0.5, 0.6) is 17.2 Å². The van der Waals surface area contributed by atoms with Crippen molar-refractivity contribution in [2.24, 2.45) is 0 Å². The van der Waals surface area contributed by atoms with Crippen LogP contribution < -0.4 is 15.0 Å². The van der Waals surface area contributed by atoms with Gasteiger partial charge in [0.15, 0.2) is 22.3 Å². The third-order valence-corrected chi connectivity index (χ3v) is 4.42. The van der Waals surface area contributed by atoms with Gasteiger partial charge in [0.1, 0.15) is 6.29 Å². The molecule has 1 aromatic heterocycles. The van der Waals surface area contributed by atoms with Crippen molar-refractivity contribution in [1.29, 1.82) is 0 Å². The lowest BCUT2D eigenvalue weighted by molar-refractivity contribution is 0.112. The van der Waals surface area contributed by atoms with Crippen LogP contribution in [0.3, 0.4) is 0 Å². The zero-order valence-electron chi connectivity index (χ0n) is 13.5. The molecule has 0 radical (unpaired) electrons. The zero-order chi connectivity index (χ0) is 18.7. The molecule has 8 heteroatoms. The van der Waals surface area contributed by atoms with Crippen molar-refractivity contribution < 1.29 is 14.3 Å². The Bertz CT molecular complexity index is 1020. The SMILES string of the molecule is COc1cc(C=O)cc(Br)c1Oc1cnn(-c2ccccc2)c(=O)c1Cl.